The predicted molar refractivity (Wildman–Crippen MR) is 126 cm³/mol. The summed E-state index contributed by atoms with van der Waals surface area (Å²) in [6, 6.07) is 21.2. The maximum absolute atomic E-state index is 4.07. The number of anilines is 1. The van der Waals surface area contributed by atoms with Gasteiger partial charge in [0.05, 0.1) is 6.04 Å². The van der Waals surface area contributed by atoms with Crippen LogP contribution in [0.4, 0.5) is 5.69 Å². The first-order valence-corrected chi connectivity index (χ1v) is 12.1. The molecule has 162 valence electrons. The van der Waals surface area contributed by atoms with E-state index in [1.54, 1.807) is 6.33 Å². The summed E-state index contributed by atoms with van der Waals surface area (Å²) in [5, 5.41) is 12.2. The average Bonchev–Trinajstić information content (AvgIpc) is 3.37. The lowest BCUT2D eigenvalue weighted by Gasteiger charge is -2.37. The molecular weight excluding hydrogens is 404 g/mol. The maximum Gasteiger partial charge on any atom is 0.138 e. The molecule has 0 N–H and O–H groups in total. The van der Waals surface area contributed by atoms with E-state index < -0.39 is 0 Å². The molecule has 2 fully saturated rings. The van der Waals surface area contributed by atoms with Crippen molar-refractivity contribution in [2.45, 2.75) is 56.5 Å². The number of benzene rings is 2. The van der Waals surface area contributed by atoms with Crippen molar-refractivity contribution in [3.05, 3.63) is 72.1 Å². The van der Waals surface area contributed by atoms with Crippen LogP contribution >= 0.6 is 11.9 Å². The molecule has 0 aliphatic carbocycles. The molecule has 0 bridgehead atoms. The molecular formula is C24H30N6S. The molecule has 5 rings (SSSR count). The molecule has 2 aliphatic rings. The molecule has 31 heavy (non-hydrogen) atoms. The highest BCUT2D eigenvalue weighted by atomic mass is 32.2. The van der Waals surface area contributed by atoms with Crippen LogP contribution in [0.15, 0.2) is 60.9 Å². The lowest BCUT2D eigenvalue weighted by Crippen LogP contribution is -2.34. The average molecular weight is 435 g/mol. The van der Waals surface area contributed by atoms with Gasteiger partial charge in [0, 0.05) is 36.6 Å². The highest BCUT2D eigenvalue weighted by Gasteiger charge is 2.27. The Morgan fingerprint density at radius 2 is 1.71 bits per heavy atom. The third-order valence-corrected chi connectivity index (χ3v) is 8.14. The molecule has 1 aromatic heterocycles. The second kappa shape index (κ2) is 9.40. The van der Waals surface area contributed by atoms with Crippen molar-refractivity contribution < 1.29 is 0 Å². The molecule has 0 amide bonds. The van der Waals surface area contributed by atoms with E-state index in [-0.39, 0.29) is 0 Å². The summed E-state index contributed by atoms with van der Waals surface area (Å²) in [5.74, 6) is 0. The third-order valence-electron chi connectivity index (χ3n) is 6.62. The Balaban J connectivity index is 1.18. The van der Waals surface area contributed by atoms with Crippen molar-refractivity contribution in [3.63, 3.8) is 0 Å². The van der Waals surface area contributed by atoms with E-state index in [1.165, 1.54) is 29.7 Å². The Bertz CT molecular complexity index is 938. The second-order valence-electron chi connectivity index (χ2n) is 8.68. The molecule has 2 aliphatic heterocycles. The van der Waals surface area contributed by atoms with Gasteiger partial charge in [0.25, 0.3) is 0 Å². The number of rotatable bonds is 5. The smallest absolute Gasteiger partial charge is 0.138 e. The Morgan fingerprint density at radius 1 is 0.935 bits per heavy atom. The van der Waals surface area contributed by atoms with Gasteiger partial charge in [-0.15, -0.1) is 5.10 Å². The molecule has 1 unspecified atom stereocenters. The van der Waals surface area contributed by atoms with Gasteiger partial charge < -0.3 is 4.90 Å². The number of hydrogen-bond donors (Lipinski definition) is 0. The zero-order valence-corrected chi connectivity index (χ0v) is 18.9. The summed E-state index contributed by atoms with van der Waals surface area (Å²) in [5.41, 5.74) is 4.16. The third kappa shape index (κ3) is 4.77. The van der Waals surface area contributed by atoms with Gasteiger partial charge in [0.2, 0.25) is 0 Å². The Morgan fingerprint density at radius 3 is 2.42 bits per heavy atom. The van der Waals surface area contributed by atoms with Gasteiger partial charge in [0.15, 0.2) is 0 Å². The van der Waals surface area contributed by atoms with Crippen LogP contribution in [0.3, 0.4) is 0 Å². The largest absolute Gasteiger partial charge is 0.371 e. The van der Waals surface area contributed by atoms with Gasteiger partial charge in [-0.1, -0.05) is 54.4 Å². The number of piperidine rings is 1. The monoisotopic (exact) mass is 434 g/mol. The summed E-state index contributed by atoms with van der Waals surface area (Å²) < 4.78 is 4.48. The first-order chi connectivity index (χ1) is 15.3. The van der Waals surface area contributed by atoms with E-state index in [4.69, 9.17) is 0 Å². The molecule has 3 heterocycles. The van der Waals surface area contributed by atoms with Gasteiger partial charge in [0.1, 0.15) is 6.33 Å². The molecule has 7 heteroatoms. The van der Waals surface area contributed by atoms with Gasteiger partial charge in [-0.25, -0.2) is 8.99 Å². The van der Waals surface area contributed by atoms with E-state index in [9.17, 15) is 0 Å². The van der Waals surface area contributed by atoms with Crippen LogP contribution in [-0.2, 0) is 6.54 Å². The van der Waals surface area contributed by atoms with Crippen LogP contribution in [0.5, 0.6) is 0 Å². The summed E-state index contributed by atoms with van der Waals surface area (Å²) in [7, 11) is 0. The minimum Gasteiger partial charge on any atom is -0.371 e. The zero-order valence-electron chi connectivity index (χ0n) is 18.0. The predicted octanol–water partition coefficient (Wildman–Crippen LogP) is 4.89. The van der Waals surface area contributed by atoms with Crippen molar-refractivity contribution >= 4 is 17.6 Å². The lowest BCUT2D eigenvalue weighted by atomic mass is 10.0. The number of nitrogens with zero attached hydrogens (tertiary/aromatic N) is 6. The van der Waals surface area contributed by atoms with Crippen LogP contribution in [0.25, 0.3) is 0 Å². The van der Waals surface area contributed by atoms with Crippen molar-refractivity contribution in [3.8, 4) is 0 Å². The van der Waals surface area contributed by atoms with Gasteiger partial charge in [-0.2, -0.15) is 0 Å². The van der Waals surface area contributed by atoms with Crippen LogP contribution in [-0.4, -0.2) is 43.6 Å². The standard InChI is InChI=1S/C24H30N6S/c1-19-7-12-24(21-5-3-2-4-6-21)31-30(19)17-20-8-10-22(11-9-20)28-15-13-23(14-16-28)29-18-25-26-27-29/h2-6,8-11,18-19,23-24H,7,12-17H2,1H3/t19-,24?/m0/s1. The molecule has 2 atom stereocenters. The first kappa shape index (κ1) is 20.5. The molecule has 0 saturated carbocycles. The van der Waals surface area contributed by atoms with Crippen LogP contribution in [0.1, 0.15) is 55.0 Å². The Hall–Kier alpha value is -2.38. The number of aromatic nitrogens is 4. The Labute approximate surface area is 188 Å². The molecule has 6 nitrogen and oxygen atoms in total. The lowest BCUT2D eigenvalue weighted by molar-refractivity contribution is 0.321. The normalized spacial score (nSPS) is 23.2. The highest BCUT2D eigenvalue weighted by molar-refractivity contribution is 7.97. The van der Waals surface area contributed by atoms with Crippen LogP contribution < -0.4 is 4.90 Å². The summed E-state index contributed by atoms with van der Waals surface area (Å²) >= 11 is 2.02. The van der Waals surface area contributed by atoms with E-state index in [0.717, 1.165) is 32.5 Å². The Kier molecular flexibility index (Phi) is 6.22. The van der Waals surface area contributed by atoms with Crippen molar-refractivity contribution in [2.75, 3.05) is 18.0 Å². The van der Waals surface area contributed by atoms with Crippen LogP contribution in [0, 0.1) is 0 Å². The molecule has 3 aromatic rings. The quantitative estimate of drug-likeness (QED) is 0.533. The fourth-order valence-corrected chi connectivity index (χ4v) is 6.05. The topological polar surface area (TPSA) is 50.1 Å². The fourth-order valence-electron chi connectivity index (χ4n) is 4.66. The maximum atomic E-state index is 4.07. The van der Waals surface area contributed by atoms with E-state index in [0.29, 0.717) is 17.3 Å². The second-order valence-corrected chi connectivity index (χ2v) is 9.93. The van der Waals surface area contributed by atoms with Crippen molar-refractivity contribution in [1.29, 1.82) is 0 Å². The molecule has 2 saturated heterocycles. The number of hydrogen-bond acceptors (Lipinski definition) is 6. The molecule has 0 spiro atoms. The summed E-state index contributed by atoms with van der Waals surface area (Å²) in [6.45, 7) is 5.44. The zero-order chi connectivity index (χ0) is 21.0. The molecule has 2 aromatic carbocycles. The highest BCUT2D eigenvalue weighted by Crippen LogP contribution is 2.43. The van der Waals surface area contributed by atoms with Gasteiger partial charge in [-0.3, -0.25) is 0 Å². The SMILES string of the molecule is C[C@H]1CCC(c2ccccc2)SN1Cc1ccc(N2CCC(n3cnnn3)CC2)cc1. The number of tetrazole rings is 1. The molecule has 0 radical (unpaired) electrons. The van der Waals surface area contributed by atoms with Gasteiger partial charge >= 0.3 is 0 Å². The summed E-state index contributed by atoms with van der Waals surface area (Å²) in [4.78, 5) is 2.48. The summed E-state index contributed by atoms with van der Waals surface area (Å²) in [6.07, 6.45) is 6.40. The van der Waals surface area contributed by atoms with Gasteiger partial charge in [-0.05, 0) is 66.3 Å². The van der Waals surface area contributed by atoms with E-state index in [2.05, 4.69) is 86.3 Å². The van der Waals surface area contributed by atoms with E-state index >= 15 is 0 Å². The van der Waals surface area contributed by atoms with Crippen LogP contribution in [0.2, 0.25) is 0 Å². The minimum atomic E-state index is 0.417. The first-order valence-electron chi connectivity index (χ1n) is 11.3. The minimum absolute atomic E-state index is 0.417. The van der Waals surface area contributed by atoms with Crippen molar-refractivity contribution in [2.24, 2.45) is 0 Å². The van der Waals surface area contributed by atoms with Crippen molar-refractivity contribution in [1.82, 2.24) is 24.5 Å². The van der Waals surface area contributed by atoms with E-state index in [1.807, 2.05) is 16.6 Å². The fraction of sp³-hybridized carbons (Fsp3) is 0.458.